The van der Waals surface area contributed by atoms with Gasteiger partial charge in [0, 0.05) is 29.6 Å². The number of nitrogens with one attached hydrogen (secondary N) is 3. The predicted octanol–water partition coefficient (Wildman–Crippen LogP) is 5.80. The summed E-state index contributed by atoms with van der Waals surface area (Å²) in [6.07, 6.45) is 2.76. The van der Waals surface area contributed by atoms with E-state index in [1.807, 2.05) is 66.0 Å². The number of hydrogen-bond donors (Lipinski definition) is 4. The van der Waals surface area contributed by atoms with Crippen LogP contribution in [0, 0.1) is 0 Å². The van der Waals surface area contributed by atoms with Crippen LogP contribution in [0.2, 0.25) is 0 Å². The minimum Gasteiger partial charge on any atom is -0.444 e. The van der Waals surface area contributed by atoms with Crippen LogP contribution in [0.15, 0.2) is 77.8 Å². The van der Waals surface area contributed by atoms with E-state index in [2.05, 4.69) is 34.8 Å². The van der Waals surface area contributed by atoms with Crippen molar-refractivity contribution in [3.63, 3.8) is 0 Å². The molecule has 2 heterocycles. The fraction of sp³-hybridized carbons (Fsp3) is 0.432. The molecule has 0 unspecified atom stereocenters. The first kappa shape index (κ1) is 36.9. The van der Waals surface area contributed by atoms with Gasteiger partial charge in [0.2, 0.25) is 5.91 Å². The number of amides is 4. The standard InChI is InChI=1S/C37H46N6O5S2/c1-24(2)35-40-29(22-49-35)20-43(30-14-15-30)36(46)39-25(3)34(45)42-32(17-27-12-8-5-9-13-27)33(44)18-28(16-26-10-6-4-7-11-26)41-37(47)48-21-31-19-38-23-50-31/h4-13,19,22-25,28,30,32-33,44H,14-18,20-21H2,1-3H3,(H,39,46)(H,41,47)(H,42,45)/t25-,28-,32-,33-/m0/s1. The number of aliphatic hydroxyl groups is 1. The highest BCUT2D eigenvalue weighted by atomic mass is 32.1. The number of urea groups is 1. The van der Waals surface area contributed by atoms with Gasteiger partial charge in [0.15, 0.2) is 0 Å². The predicted molar refractivity (Wildman–Crippen MR) is 195 cm³/mol. The normalized spacial score (nSPS) is 15.1. The highest BCUT2D eigenvalue weighted by molar-refractivity contribution is 7.09. The van der Waals surface area contributed by atoms with Crippen LogP contribution in [-0.2, 0) is 35.5 Å². The maximum Gasteiger partial charge on any atom is 0.407 e. The summed E-state index contributed by atoms with van der Waals surface area (Å²) in [4.78, 5) is 51.2. The van der Waals surface area contributed by atoms with E-state index in [1.54, 1.807) is 34.9 Å². The molecule has 1 aliphatic rings. The molecular weight excluding hydrogens is 673 g/mol. The molecule has 0 bridgehead atoms. The van der Waals surface area contributed by atoms with E-state index >= 15 is 0 Å². The van der Waals surface area contributed by atoms with Crippen LogP contribution in [0.3, 0.4) is 0 Å². The van der Waals surface area contributed by atoms with Gasteiger partial charge in [-0.15, -0.1) is 22.7 Å². The summed E-state index contributed by atoms with van der Waals surface area (Å²) in [5, 5.41) is 23.5. The molecule has 4 amide bonds. The molecule has 0 radical (unpaired) electrons. The summed E-state index contributed by atoms with van der Waals surface area (Å²) in [6, 6.07) is 17.0. The van der Waals surface area contributed by atoms with Crippen LogP contribution >= 0.6 is 22.7 Å². The van der Waals surface area contributed by atoms with Crippen molar-refractivity contribution in [2.24, 2.45) is 0 Å². The number of aliphatic hydroxyl groups excluding tert-OH is 1. The number of aromatic nitrogens is 2. The van der Waals surface area contributed by atoms with E-state index < -0.39 is 36.2 Å². The summed E-state index contributed by atoms with van der Waals surface area (Å²) in [5.41, 5.74) is 4.42. The maximum absolute atomic E-state index is 13.6. The van der Waals surface area contributed by atoms with Gasteiger partial charge in [0.05, 0.1) is 39.8 Å². The van der Waals surface area contributed by atoms with E-state index in [9.17, 15) is 19.5 Å². The second-order valence-corrected chi connectivity index (χ2v) is 14.9. The molecule has 2 aromatic carbocycles. The van der Waals surface area contributed by atoms with Gasteiger partial charge < -0.3 is 30.7 Å². The smallest absolute Gasteiger partial charge is 0.407 e. The Balaban J connectivity index is 1.24. The Morgan fingerprint density at radius 1 is 0.940 bits per heavy atom. The van der Waals surface area contributed by atoms with E-state index in [0.717, 1.165) is 39.5 Å². The number of carbonyl (C=O) groups is 3. The number of rotatable bonds is 17. The van der Waals surface area contributed by atoms with Crippen molar-refractivity contribution in [1.29, 1.82) is 0 Å². The third kappa shape index (κ3) is 11.4. The third-order valence-corrected chi connectivity index (χ3v) is 10.4. The van der Waals surface area contributed by atoms with Crippen molar-refractivity contribution in [2.45, 2.75) is 102 Å². The lowest BCUT2D eigenvalue weighted by molar-refractivity contribution is -0.124. The number of ether oxygens (including phenoxy) is 1. The largest absolute Gasteiger partial charge is 0.444 e. The molecule has 13 heteroatoms. The molecule has 1 aliphatic carbocycles. The second kappa shape index (κ2) is 18.1. The Hall–Kier alpha value is -4.33. The van der Waals surface area contributed by atoms with E-state index in [-0.39, 0.29) is 25.1 Å². The SMILES string of the molecule is CC(C)c1nc(CN(C(=O)N[C@@H](C)C(=O)N[C@@H](Cc2ccccc2)[C@@H](O)C[C@H](Cc2ccccc2)NC(=O)OCc2cncs2)C2CC2)cs1. The van der Waals surface area contributed by atoms with Gasteiger partial charge >= 0.3 is 12.1 Å². The number of carbonyl (C=O) groups excluding carboxylic acids is 3. The minimum atomic E-state index is -1.04. The molecule has 0 spiro atoms. The lowest BCUT2D eigenvalue weighted by Crippen LogP contribution is -2.55. The quantitative estimate of drug-likeness (QED) is 0.108. The molecule has 1 saturated carbocycles. The molecule has 266 valence electrons. The molecule has 4 N–H and O–H groups in total. The molecule has 0 aliphatic heterocycles. The van der Waals surface area contributed by atoms with Crippen molar-refractivity contribution in [2.75, 3.05) is 0 Å². The maximum atomic E-state index is 13.6. The number of alkyl carbamates (subject to hydrolysis) is 1. The van der Waals surface area contributed by atoms with Gasteiger partial charge in [-0.1, -0.05) is 74.5 Å². The van der Waals surface area contributed by atoms with Crippen molar-refractivity contribution in [3.8, 4) is 0 Å². The molecule has 0 saturated heterocycles. The summed E-state index contributed by atoms with van der Waals surface area (Å²) >= 11 is 2.99. The van der Waals surface area contributed by atoms with Gasteiger partial charge in [-0.25, -0.2) is 14.6 Å². The van der Waals surface area contributed by atoms with Gasteiger partial charge in [0.1, 0.15) is 12.6 Å². The third-order valence-electron chi connectivity index (χ3n) is 8.47. The zero-order valence-corrected chi connectivity index (χ0v) is 30.3. The zero-order chi connectivity index (χ0) is 35.5. The van der Waals surface area contributed by atoms with Crippen molar-refractivity contribution in [1.82, 2.24) is 30.8 Å². The van der Waals surface area contributed by atoms with Gasteiger partial charge in [-0.05, 0) is 50.2 Å². The molecule has 2 aromatic heterocycles. The summed E-state index contributed by atoms with van der Waals surface area (Å²) < 4.78 is 5.44. The lowest BCUT2D eigenvalue weighted by Gasteiger charge is -2.30. The van der Waals surface area contributed by atoms with Crippen LogP contribution in [0.5, 0.6) is 0 Å². The summed E-state index contributed by atoms with van der Waals surface area (Å²) in [5.74, 6) is -0.103. The monoisotopic (exact) mass is 718 g/mol. The Labute approximate surface area is 301 Å². The Morgan fingerprint density at radius 2 is 1.62 bits per heavy atom. The molecule has 11 nitrogen and oxygen atoms in total. The van der Waals surface area contributed by atoms with E-state index in [1.165, 1.54) is 11.3 Å². The van der Waals surface area contributed by atoms with Crippen LogP contribution in [-0.4, -0.2) is 68.3 Å². The molecule has 50 heavy (non-hydrogen) atoms. The van der Waals surface area contributed by atoms with Crippen LogP contribution in [0.25, 0.3) is 0 Å². The molecular formula is C37H46N6O5S2. The van der Waals surface area contributed by atoms with Crippen molar-refractivity contribution < 1.29 is 24.2 Å². The van der Waals surface area contributed by atoms with Crippen molar-refractivity contribution in [3.05, 3.63) is 104 Å². The fourth-order valence-electron chi connectivity index (χ4n) is 5.59. The van der Waals surface area contributed by atoms with Crippen LogP contribution < -0.4 is 16.0 Å². The first-order valence-corrected chi connectivity index (χ1v) is 18.8. The molecule has 4 atom stereocenters. The molecule has 4 aromatic rings. The molecule has 1 fully saturated rings. The lowest BCUT2D eigenvalue weighted by atomic mass is 9.93. The Kier molecular flexibility index (Phi) is 13.3. The van der Waals surface area contributed by atoms with Gasteiger partial charge in [-0.3, -0.25) is 9.78 Å². The minimum absolute atomic E-state index is 0.0916. The average Bonchev–Trinajstić information content (AvgIpc) is 3.58. The zero-order valence-electron chi connectivity index (χ0n) is 28.7. The number of hydrogen-bond acceptors (Lipinski definition) is 9. The highest BCUT2D eigenvalue weighted by Crippen LogP contribution is 2.29. The Morgan fingerprint density at radius 3 is 2.22 bits per heavy atom. The first-order chi connectivity index (χ1) is 24.1. The number of benzene rings is 2. The Bertz CT molecular complexity index is 1650. The van der Waals surface area contributed by atoms with E-state index in [0.29, 0.717) is 25.3 Å². The first-order valence-electron chi connectivity index (χ1n) is 17.0. The fourth-order valence-corrected chi connectivity index (χ4v) is 6.92. The van der Waals surface area contributed by atoms with Gasteiger partial charge in [0.25, 0.3) is 0 Å². The van der Waals surface area contributed by atoms with E-state index in [4.69, 9.17) is 9.72 Å². The summed E-state index contributed by atoms with van der Waals surface area (Å²) in [7, 11) is 0. The number of nitrogens with zero attached hydrogens (tertiary/aromatic N) is 3. The van der Waals surface area contributed by atoms with Crippen molar-refractivity contribution >= 4 is 40.7 Å². The summed E-state index contributed by atoms with van der Waals surface area (Å²) in [6.45, 7) is 6.30. The van der Waals surface area contributed by atoms with Crippen LogP contribution in [0.4, 0.5) is 9.59 Å². The second-order valence-electron chi connectivity index (χ2n) is 13.0. The topological polar surface area (TPSA) is 146 Å². The van der Waals surface area contributed by atoms with Gasteiger partial charge in [-0.2, -0.15) is 0 Å². The van der Waals surface area contributed by atoms with Crippen LogP contribution in [0.1, 0.15) is 72.7 Å². The number of thiazole rings is 2. The highest BCUT2D eigenvalue weighted by Gasteiger charge is 2.35. The average molecular weight is 719 g/mol. The molecule has 5 rings (SSSR count).